The molecule has 2 amide bonds. The zero-order chi connectivity index (χ0) is 23.8. The molecule has 0 bridgehead atoms. The molecule has 0 aliphatic carbocycles. The third kappa shape index (κ3) is 5.69. The Morgan fingerprint density at radius 2 is 1.48 bits per heavy atom. The van der Waals surface area contributed by atoms with E-state index < -0.39 is 0 Å². The fourth-order valence-electron chi connectivity index (χ4n) is 4.08. The van der Waals surface area contributed by atoms with E-state index in [2.05, 4.69) is 5.32 Å². The summed E-state index contributed by atoms with van der Waals surface area (Å²) >= 11 is 0. The van der Waals surface area contributed by atoms with Crippen LogP contribution in [0.2, 0.25) is 0 Å². The number of likely N-dealkylation sites (tertiary alicyclic amines) is 1. The van der Waals surface area contributed by atoms with Gasteiger partial charge in [-0.3, -0.25) is 9.59 Å². The van der Waals surface area contributed by atoms with Crippen LogP contribution in [0.1, 0.15) is 28.8 Å². The topological polar surface area (TPSA) is 86.3 Å². The quantitative estimate of drug-likeness (QED) is 0.625. The van der Waals surface area contributed by atoms with Crippen molar-refractivity contribution in [1.29, 1.82) is 0 Å². The van der Waals surface area contributed by atoms with Crippen LogP contribution in [0.4, 0.5) is 0 Å². The smallest absolute Gasteiger partial charge is 0.261 e. The van der Waals surface area contributed by atoms with Crippen molar-refractivity contribution in [3.63, 3.8) is 0 Å². The molecule has 0 radical (unpaired) electrons. The normalized spacial score (nSPS) is 13.9. The minimum Gasteiger partial charge on any atom is -0.496 e. The number of carbonyl (C=O) groups excluding carboxylic acids is 2. The fourth-order valence-corrected chi connectivity index (χ4v) is 4.08. The first-order chi connectivity index (χ1) is 16.0. The van der Waals surface area contributed by atoms with Crippen molar-refractivity contribution in [2.75, 3.05) is 48.1 Å². The molecule has 0 spiro atoms. The van der Waals surface area contributed by atoms with Crippen molar-refractivity contribution in [3.8, 4) is 23.0 Å². The summed E-state index contributed by atoms with van der Waals surface area (Å²) in [4.78, 5) is 27.5. The van der Waals surface area contributed by atoms with Gasteiger partial charge in [0.05, 0.1) is 28.4 Å². The summed E-state index contributed by atoms with van der Waals surface area (Å²) in [5.41, 5.74) is 1.47. The van der Waals surface area contributed by atoms with Crippen LogP contribution in [0.3, 0.4) is 0 Å². The molecule has 2 aromatic rings. The van der Waals surface area contributed by atoms with Crippen LogP contribution >= 0.6 is 0 Å². The number of carbonyl (C=O) groups is 2. The average molecular weight is 457 g/mol. The second-order valence-corrected chi connectivity index (χ2v) is 7.83. The molecule has 1 saturated heterocycles. The number of amides is 2. The van der Waals surface area contributed by atoms with Gasteiger partial charge in [0.2, 0.25) is 5.91 Å². The zero-order valence-corrected chi connectivity index (χ0v) is 19.7. The lowest BCUT2D eigenvalue weighted by molar-refractivity contribution is -0.126. The maximum Gasteiger partial charge on any atom is 0.261 e. The summed E-state index contributed by atoms with van der Waals surface area (Å²) in [7, 11) is 6.27. The van der Waals surface area contributed by atoms with E-state index in [1.54, 1.807) is 37.3 Å². The molecular formula is C25H32N2O6. The van der Waals surface area contributed by atoms with Gasteiger partial charge < -0.3 is 29.2 Å². The second kappa shape index (κ2) is 11.4. The molecule has 3 rings (SSSR count). The van der Waals surface area contributed by atoms with Gasteiger partial charge in [0.15, 0.2) is 11.5 Å². The molecule has 1 fully saturated rings. The number of ether oxygens (including phenoxy) is 4. The monoisotopic (exact) mass is 456 g/mol. The number of piperidine rings is 1. The van der Waals surface area contributed by atoms with Gasteiger partial charge in [-0.15, -0.1) is 0 Å². The molecule has 1 aliphatic heterocycles. The van der Waals surface area contributed by atoms with E-state index in [-0.39, 0.29) is 17.7 Å². The highest BCUT2D eigenvalue weighted by atomic mass is 16.5. The van der Waals surface area contributed by atoms with E-state index in [1.165, 1.54) is 14.2 Å². The highest BCUT2D eigenvalue weighted by Crippen LogP contribution is 2.31. The van der Waals surface area contributed by atoms with Gasteiger partial charge in [-0.1, -0.05) is 12.1 Å². The number of rotatable bonds is 9. The zero-order valence-electron chi connectivity index (χ0n) is 19.7. The Kier molecular flexibility index (Phi) is 8.40. The molecule has 1 N–H and O–H groups in total. The molecule has 0 saturated carbocycles. The highest BCUT2D eigenvalue weighted by Gasteiger charge is 2.30. The van der Waals surface area contributed by atoms with Crippen LogP contribution in [0.25, 0.3) is 0 Å². The average Bonchev–Trinajstić information content (AvgIpc) is 2.87. The largest absolute Gasteiger partial charge is 0.496 e. The SMILES string of the molecule is COc1ccc(CCNC(=O)C2CCN(C(=O)c3c(OC)cccc3OC)CC2)cc1OC. The molecule has 178 valence electrons. The Labute approximate surface area is 194 Å². The van der Waals surface area contributed by atoms with E-state index >= 15 is 0 Å². The van der Waals surface area contributed by atoms with Gasteiger partial charge in [-0.2, -0.15) is 0 Å². The van der Waals surface area contributed by atoms with Crippen molar-refractivity contribution in [3.05, 3.63) is 47.5 Å². The summed E-state index contributed by atoms with van der Waals surface area (Å²) in [5.74, 6) is 2.08. The van der Waals surface area contributed by atoms with Crippen molar-refractivity contribution in [2.24, 2.45) is 5.92 Å². The lowest BCUT2D eigenvalue weighted by Crippen LogP contribution is -2.43. The minimum absolute atomic E-state index is 0.0254. The third-order valence-electron chi connectivity index (χ3n) is 5.96. The summed E-state index contributed by atoms with van der Waals surface area (Å²) in [6, 6.07) is 11.0. The van der Waals surface area contributed by atoms with Crippen molar-refractivity contribution in [2.45, 2.75) is 19.3 Å². The molecule has 1 aliphatic rings. The number of benzene rings is 2. The molecule has 8 heteroatoms. The highest BCUT2D eigenvalue weighted by molar-refractivity contribution is 6.00. The lowest BCUT2D eigenvalue weighted by Gasteiger charge is -2.32. The van der Waals surface area contributed by atoms with E-state index in [9.17, 15) is 9.59 Å². The van der Waals surface area contributed by atoms with Gasteiger partial charge in [-0.25, -0.2) is 0 Å². The lowest BCUT2D eigenvalue weighted by atomic mass is 9.95. The first-order valence-corrected chi connectivity index (χ1v) is 11.0. The fraction of sp³-hybridized carbons (Fsp3) is 0.440. The van der Waals surface area contributed by atoms with Crippen molar-refractivity contribution in [1.82, 2.24) is 10.2 Å². The van der Waals surface area contributed by atoms with E-state index in [4.69, 9.17) is 18.9 Å². The van der Waals surface area contributed by atoms with Crippen LogP contribution in [0.5, 0.6) is 23.0 Å². The second-order valence-electron chi connectivity index (χ2n) is 7.83. The summed E-state index contributed by atoms with van der Waals surface area (Å²) in [5, 5.41) is 3.02. The molecular weight excluding hydrogens is 424 g/mol. The van der Waals surface area contributed by atoms with Gasteiger partial charge in [0.1, 0.15) is 17.1 Å². The maximum atomic E-state index is 13.1. The van der Waals surface area contributed by atoms with Crippen LogP contribution in [-0.2, 0) is 11.2 Å². The predicted molar refractivity (Wildman–Crippen MR) is 124 cm³/mol. The first kappa shape index (κ1) is 24.2. The van der Waals surface area contributed by atoms with Crippen LogP contribution < -0.4 is 24.3 Å². The van der Waals surface area contributed by atoms with Crippen molar-refractivity contribution < 1.29 is 28.5 Å². The Balaban J connectivity index is 1.51. The third-order valence-corrected chi connectivity index (χ3v) is 5.96. The van der Waals surface area contributed by atoms with Crippen LogP contribution in [0, 0.1) is 5.92 Å². The standard InChI is InChI=1S/C25H32N2O6/c1-30-19-9-8-17(16-22(19)33-4)10-13-26-24(28)18-11-14-27(15-12-18)25(29)23-20(31-2)6-5-7-21(23)32-3/h5-9,16,18H,10-15H2,1-4H3,(H,26,28). The Morgan fingerprint density at radius 1 is 0.879 bits per heavy atom. The van der Waals surface area contributed by atoms with Gasteiger partial charge in [-0.05, 0) is 49.1 Å². The Hall–Kier alpha value is -3.42. The van der Waals surface area contributed by atoms with Gasteiger partial charge in [0.25, 0.3) is 5.91 Å². The van der Waals surface area contributed by atoms with Crippen LogP contribution in [-0.4, -0.2) is 64.8 Å². The van der Waals surface area contributed by atoms with E-state index in [0.29, 0.717) is 67.5 Å². The summed E-state index contributed by atoms with van der Waals surface area (Å²) in [6.45, 7) is 1.55. The molecule has 0 atom stereocenters. The summed E-state index contributed by atoms with van der Waals surface area (Å²) < 4.78 is 21.3. The van der Waals surface area contributed by atoms with Gasteiger partial charge >= 0.3 is 0 Å². The number of nitrogens with zero attached hydrogens (tertiary/aromatic N) is 1. The molecule has 1 heterocycles. The Bertz CT molecular complexity index is 947. The first-order valence-electron chi connectivity index (χ1n) is 11.0. The molecule has 8 nitrogen and oxygen atoms in total. The summed E-state index contributed by atoms with van der Waals surface area (Å²) in [6.07, 6.45) is 1.92. The predicted octanol–water partition coefficient (Wildman–Crippen LogP) is 2.93. The van der Waals surface area contributed by atoms with E-state index in [0.717, 1.165) is 5.56 Å². The minimum atomic E-state index is -0.142. The van der Waals surface area contributed by atoms with Crippen LogP contribution in [0.15, 0.2) is 36.4 Å². The Morgan fingerprint density at radius 3 is 2.06 bits per heavy atom. The molecule has 0 unspecified atom stereocenters. The molecule has 33 heavy (non-hydrogen) atoms. The van der Waals surface area contributed by atoms with Crippen molar-refractivity contribution >= 4 is 11.8 Å². The molecule has 2 aromatic carbocycles. The number of hydrogen-bond acceptors (Lipinski definition) is 6. The maximum absolute atomic E-state index is 13.1. The number of nitrogens with one attached hydrogen (secondary N) is 1. The van der Waals surface area contributed by atoms with E-state index in [1.807, 2.05) is 18.2 Å². The molecule has 0 aromatic heterocycles. The number of methoxy groups -OCH3 is 4. The number of hydrogen-bond donors (Lipinski definition) is 1. The van der Waals surface area contributed by atoms with Gasteiger partial charge in [0, 0.05) is 25.6 Å².